The fourth-order valence-electron chi connectivity index (χ4n) is 3.77. The van der Waals surface area contributed by atoms with Crippen LogP contribution >= 0.6 is 0 Å². The van der Waals surface area contributed by atoms with Crippen LogP contribution in [0.4, 0.5) is 0 Å². The van der Waals surface area contributed by atoms with Crippen molar-refractivity contribution in [3.8, 4) is 0 Å². The molecule has 0 aliphatic heterocycles. The van der Waals surface area contributed by atoms with E-state index in [0.29, 0.717) is 11.1 Å². The number of sulfone groups is 1. The van der Waals surface area contributed by atoms with Gasteiger partial charge in [0.15, 0.2) is 11.6 Å². The van der Waals surface area contributed by atoms with E-state index in [9.17, 15) is 28.1 Å². The molecule has 0 spiro atoms. The molecule has 0 saturated carbocycles. The van der Waals surface area contributed by atoms with E-state index in [1.807, 2.05) is 0 Å². The molecular formula is C26H25NO6S. The van der Waals surface area contributed by atoms with E-state index in [4.69, 9.17) is 0 Å². The van der Waals surface area contributed by atoms with Crippen molar-refractivity contribution in [2.75, 3.05) is 0 Å². The zero-order valence-corrected chi connectivity index (χ0v) is 19.5. The van der Waals surface area contributed by atoms with Gasteiger partial charge in [0, 0.05) is 41.7 Å². The zero-order chi connectivity index (χ0) is 24.8. The van der Waals surface area contributed by atoms with Gasteiger partial charge in [-0.1, -0.05) is 78.4 Å². The number of nitro groups is 1. The van der Waals surface area contributed by atoms with Crippen molar-refractivity contribution in [1.29, 1.82) is 0 Å². The Labute approximate surface area is 198 Å². The molecule has 176 valence electrons. The van der Waals surface area contributed by atoms with Gasteiger partial charge >= 0.3 is 4.87 Å². The Morgan fingerprint density at radius 1 is 0.765 bits per heavy atom. The largest absolute Gasteiger partial charge is 0.324 e. The Balaban J connectivity index is 1.98. The van der Waals surface area contributed by atoms with Gasteiger partial charge < -0.3 is 0 Å². The quantitative estimate of drug-likeness (QED) is 0.216. The molecule has 0 heterocycles. The molecule has 0 radical (unpaired) electrons. The van der Waals surface area contributed by atoms with Crippen molar-refractivity contribution >= 4 is 21.4 Å². The molecule has 7 nitrogen and oxygen atoms in total. The first kappa shape index (κ1) is 25.0. The van der Waals surface area contributed by atoms with Gasteiger partial charge in [0.2, 0.25) is 9.84 Å². The van der Waals surface area contributed by atoms with Crippen molar-refractivity contribution in [1.82, 2.24) is 0 Å². The van der Waals surface area contributed by atoms with Crippen molar-refractivity contribution in [3.05, 3.63) is 112 Å². The molecule has 3 aromatic carbocycles. The normalized spacial score (nSPS) is 11.7. The molecule has 34 heavy (non-hydrogen) atoms. The lowest BCUT2D eigenvalue weighted by Crippen LogP contribution is -2.47. The molecule has 3 aromatic rings. The van der Waals surface area contributed by atoms with Crippen molar-refractivity contribution in [2.45, 2.75) is 42.4 Å². The highest BCUT2D eigenvalue weighted by Crippen LogP contribution is 2.36. The first-order chi connectivity index (χ1) is 16.2. The molecule has 0 aliphatic rings. The Hall–Kier alpha value is -3.65. The first-order valence-corrected chi connectivity index (χ1v) is 12.3. The van der Waals surface area contributed by atoms with E-state index in [-0.39, 0.29) is 17.7 Å². The predicted molar refractivity (Wildman–Crippen MR) is 128 cm³/mol. The second-order valence-corrected chi connectivity index (χ2v) is 10.3. The number of Topliss-reactive ketones (excluding diaryl/α,β-unsaturated/α-hetero) is 2. The van der Waals surface area contributed by atoms with Gasteiger partial charge in [-0.2, -0.15) is 0 Å². The van der Waals surface area contributed by atoms with Gasteiger partial charge in [-0.3, -0.25) is 19.7 Å². The molecule has 8 heteroatoms. The van der Waals surface area contributed by atoms with Gasteiger partial charge in [-0.15, -0.1) is 0 Å². The summed E-state index contributed by atoms with van der Waals surface area (Å²) in [5.41, 5.74) is 1.48. The van der Waals surface area contributed by atoms with Crippen LogP contribution in [0.2, 0.25) is 0 Å². The van der Waals surface area contributed by atoms with Gasteiger partial charge in [-0.25, -0.2) is 8.42 Å². The average Bonchev–Trinajstić information content (AvgIpc) is 2.84. The maximum Gasteiger partial charge on any atom is 0.324 e. The summed E-state index contributed by atoms with van der Waals surface area (Å²) >= 11 is 0. The van der Waals surface area contributed by atoms with Crippen LogP contribution in [0.15, 0.2) is 89.8 Å². The minimum Gasteiger partial charge on any atom is -0.294 e. The minimum atomic E-state index is -4.54. The van der Waals surface area contributed by atoms with Gasteiger partial charge in [0.1, 0.15) is 0 Å². The topological polar surface area (TPSA) is 111 Å². The molecule has 0 bridgehead atoms. The molecule has 0 N–H and O–H groups in total. The summed E-state index contributed by atoms with van der Waals surface area (Å²) in [4.78, 5) is 34.2. The van der Waals surface area contributed by atoms with Gasteiger partial charge in [0.25, 0.3) is 0 Å². The Bertz CT molecular complexity index is 1210. The number of nitrogens with zero attached hydrogens (tertiary/aromatic N) is 1. The Morgan fingerprint density at radius 3 is 1.56 bits per heavy atom. The van der Waals surface area contributed by atoms with Gasteiger partial charge in [0.05, 0.1) is 4.90 Å². The van der Waals surface area contributed by atoms with Crippen LogP contribution in [0.1, 0.15) is 52.0 Å². The molecule has 0 unspecified atom stereocenters. The zero-order valence-electron chi connectivity index (χ0n) is 18.7. The lowest BCUT2D eigenvalue weighted by molar-refractivity contribution is -0.542. The fourth-order valence-corrected chi connectivity index (χ4v) is 5.64. The highest BCUT2D eigenvalue weighted by Gasteiger charge is 2.56. The molecule has 0 atom stereocenters. The second-order valence-electron chi connectivity index (χ2n) is 8.10. The van der Waals surface area contributed by atoms with E-state index in [1.54, 1.807) is 79.7 Å². The molecule has 3 rings (SSSR count). The van der Waals surface area contributed by atoms with E-state index >= 15 is 0 Å². The summed E-state index contributed by atoms with van der Waals surface area (Å²) < 4.78 is 27.3. The fraction of sp³-hybridized carbons (Fsp3) is 0.231. The van der Waals surface area contributed by atoms with Crippen LogP contribution in [-0.2, 0) is 9.84 Å². The summed E-state index contributed by atoms with van der Waals surface area (Å²) in [5.74, 6) is -0.805. The summed E-state index contributed by atoms with van der Waals surface area (Å²) in [6.07, 6.45) is -1.80. The number of aryl methyl sites for hydroxylation is 1. The standard InChI is InChI=1S/C26H25NO6S/c1-20-12-14-23(15-13-20)34(32,33)26(27(30)31,18-16-24(28)21-8-4-2-5-9-21)19-17-25(29)22-10-6-3-7-11-22/h2-15H,16-19H2,1H3. The average molecular weight is 480 g/mol. The monoisotopic (exact) mass is 479 g/mol. The highest BCUT2D eigenvalue weighted by atomic mass is 32.2. The number of carbonyl (C=O) groups is 2. The first-order valence-electron chi connectivity index (χ1n) is 10.8. The van der Waals surface area contributed by atoms with E-state index < -0.39 is 44.0 Å². The Kier molecular flexibility index (Phi) is 7.73. The third-order valence-corrected chi connectivity index (χ3v) is 8.29. The molecule has 0 saturated heterocycles. The minimum absolute atomic E-state index is 0.214. The summed E-state index contributed by atoms with van der Waals surface area (Å²) in [6.45, 7) is 1.77. The number of ketones is 2. The maximum atomic E-state index is 13.6. The van der Waals surface area contributed by atoms with Crippen molar-refractivity contribution in [2.24, 2.45) is 0 Å². The molecule has 0 aromatic heterocycles. The molecule has 0 amide bonds. The van der Waals surface area contributed by atoms with Gasteiger partial charge in [-0.05, 0) is 19.1 Å². The predicted octanol–water partition coefficient (Wildman–Crippen LogP) is 5.07. The SMILES string of the molecule is Cc1ccc(S(=O)(=O)C(CCC(=O)c2ccccc2)(CCC(=O)c2ccccc2)[N+](=O)[O-])cc1. The maximum absolute atomic E-state index is 13.6. The smallest absolute Gasteiger partial charge is 0.294 e. The molecule has 0 aliphatic carbocycles. The number of hydrogen-bond donors (Lipinski definition) is 0. The summed E-state index contributed by atoms with van der Waals surface area (Å²) in [6, 6.07) is 22.2. The number of carbonyl (C=O) groups excluding carboxylic acids is 2. The van der Waals surface area contributed by atoms with E-state index in [1.165, 1.54) is 12.1 Å². The number of rotatable bonds is 11. The van der Waals surface area contributed by atoms with Crippen LogP contribution in [0.5, 0.6) is 0 Å². The second kappa shape index (κ2) is 10.5. The van der Waals surface area contributed by atoms with Crippen LogP contribution in [0.25, 0.3) is 0 Å². The van der Waals surface area contributed by atoms with Crippen molar-refractivity contribution in [3.63, 3.8) is 0 Å². The van der Waals surface area contributed by atoms with E-state index in [0.717, 1.165) is 5.56 Å². The molecular weight excluding hydrogens is 454 g/mol. The van der Waals surface area contributed by atoms with E-state index in [2.05, 4.69) is 0 Å². The Morgan fingerprint density at radius 2 is 1.18 bits per heavy atom. The lowest BCUT2D eigenvalue weighted by atomic mass is 9.97. The molecule has 0 fully saturated rings. The number of hydrogen-bond acceptors (Lipinski definition) is 6. The third kappa shape index (κ3) is 5.28. The third-order valence-electron chi connectivity index (χ3n) is 5.84. The highest BCUT2D eigenvalue weighted by molar-refractivity contribution is 7.92. The van der Waals surface area contributed by atoms with Crippen LogP contribution in [-0.4, -0.2) is 29.8 Å². The number of benzene rings is 3. The van der Waals surface area contributed by atoms with Crippen LogP contribution < -0.4 is 0 Å². The van der Waals surface area contributed by atoms with Crippen LogP contribution in [0.3, 0.4) is 0 Å². The van der Waals surface area contributed by atoms with Crippen molar-refractivity contribution < 1.29 is 22.9 Å². The van der Waals surface area contributed by atoms with Crippen LogP contribution in [0, 0.1) is 17.0 Å². The summed E-state index contributed by atoms with van der Waals surface area (Å²) in [7, 11) is -4.54. The summed E-state index contributed by atoms with van der Waals surface area (Å²) in [5, 5.41) is 12.4. The lowest BCUT2D eigenvalue weighted by Gasteiger charge is -2.25.